The number of aryl methyl sites for hydroxylation is 2. The second-order valence-electron chi connectivity index (χ2n) is 6.89. The van der Waals surface area contributed by atoms with Crippen molar-refractivity contribution in [3.05, 3.63) is 64.7 Å². The van der Waals surface area contributed by atoms with E-state index in [1.165, 1.54) is 5.56 Å². The molecule has 3 rings (SSSR count). The quantitative estimate of drug-likeness (QED) is 0.878. The van der Waals surface area contributed by atoms with Gasteiger partial charge in [0.25, 0.3) is 0 Å². The van der Waals surface area contributed by atoms with Gasteiger partial charge in [0.1, 0.15) is 0 Å². The van der Waals surface area contributed by atoms with Crippen LogP contribution in [-0.2, 0) is 16.1 Å². The van der Waals surface area contributed by atoms with Gasteiger partial charge in [-0.3, -0.25) is 9.59 Å². The van der Waals surface area contributed by atoms with Gasteiger partial charge >= 0.3 is 0 Å². The third-order valence-electron chi connectivity index (χ3n) is 4.91. The predicted octanol–water partition coefficient (Wildman–Crippen LogP) is 3.50. The summed E-state index contributed by atoms with van der Waals surface area (Å²) in [5, 5.41) is 5.89. The van der Waals surface area contributed by atoms with E-state index >= 15 is 0 Å². The molecule has 2 aromatic carbocycles. The Balaban J connectivity index is 1.51. The van der Waals surface area contributed by atoms with Crippen molar-refractivity contribution in [3.63, 3.8) is 0 Å². The van der Waals surface area contributed by atoms with E-state index in [-0.39, 0.29) is 23.7 Å². The first-order chi connectivity index (χ1) is 12.0. The second-order valence-corrected chi connectivity index (χ2v) is 6.89. The lowest BCUT2D eigenvalue weighted by Crippen LogP contribution is -2.27. The zero-order valence-electron chi connectivity index (χ0n) is 14.9. The summed E-state index contributed by atoms with van der Waals surface area (Å²) in [5.41, 5.74) is 5.30. The smallest absolute Gasteiger partial charge is 0.228 e. The molecule has 0 aromatic heterocycles. The highest BCUT2D eigenvalue weighted by Crippen LogP contribution is 2.39. The van der Waals surface area contributed by atoms with Crippen LogP contribution in [0.4, 0.5) is 5.69 Å². The minimum Gasteiger partial charge on any atom is -0.352 e. The summed E-state index contributed by atoms with van der Waals surface area (Å²) < 4.78 is 0. The largest absolute Gasteiger partial charge is 0.352 e. The molecule has 1 aliphatic rings. The first-order valence-corrected chi connectivity index (χ1v) is 8.66. The van der Waals surface area contributed by atoms with Crippen molar-refractivity contribution in [2.75, 3.05) is 5.32 Å². The number of amides is 2. The summed E-state index contributed by atoms with van der Waals surface area (Å²) in [6.07, 6.45) is 0.621. The average molecular weight is 336 g/mol. The highest BCUT2D eigenvalue weighted by Gasteiger charge is 2.47. The molecule has 4 heteroatoms. The highest BCUT2D eigenvalue weighted by molar-refractivity contribution is 6.00. The summed E-state index contributed by atoms with van der Waals surface area (Å²) in [6, 6.07) is 13.9. The van der Waals surface area contributed by atoms with Gasteiger partial charge in [-0.2, -0.15) is 0 Å². The Bertz CT molecular complexity index is 796. The molecule has 2 amide bonds. The Morgan fingerprint density at radius 1 is 0.960 bits per heavy atom. The van der Waals surface area contributed by atoms with Crippen LogP contribution in [0, 0.1) is 32.6 Å². The molecule has 2 atom stereocenters. The van der Waals surface area contributed by atoms with E-state index in [0.29, 0.717) is 13.0 Å². The minimum atomic E-state index is -0.224. The van der Waals surface area contributed by atoms with E-state index in [0.717, 1.165) is 22.4 Å². The maximum Gasteiger partial charge on any atom is 0.228 e. The third kappa shape index (κ3) is 4.08. The molecule has 0 bridgehead atoms. The van der Waals surface area contributed by atoms with Gasteiger partial charge in [-0.1, -0.05) is 42.0 Å². The van der Waals surface area contributed by atoms with Gasteiger partial charge in [0, 0.05) is 12.2 Å². The minimum absolute atomic E-state index is 0.0401. The average Bonchev–Trinajstić information content (AvgIpc) is 3.39. The molecule has 0 radical (unpaired) electrons. The molecule has 4 nitrogen and oxygen atoms in total. The van der Waals surface area contributed by atoms with E-state index in [2.05, 4.69) is 10.6 Å². The zero-order chi connectivity index (χ0) is 18.0. The molecular formula is C21H24N2O2. The lowest BCUT2D eigenvalue weighted by molar-refractivity contribution is -0.125. The molecule has 0 heterocycles. The fraction of sp³-hybridized carbons (Fsp3) is 0.333. The van der Waals surface area contributed by atoms with Crippen LogP contribution in [0.5, 0.6) is 0 Å². The first-order valence-electron chi connectivity index (χ1n) is 8.66. The van der Waals surface area contributed by atoms with Crippen LogP contribution in [0.2, 0.25) is 0 Å². The van der Waals surface area contributed by atoms with E-state index in [9.17, 15) is 9.59 Å². The van der Waals surface area contributed by atoms with E-state index in [1.807, 2.05) is 63.2 Å². The molecule has 1 fully saturated rings. The third-order valence-corrected chi connectivity index (χ3v) is 4.91. The fourth-order valence-electron chi connectivity index (χ4n) is 2.91. The van der Waals surface area contributed by atoms with Gasteiger partial charge in [0.05, 0.1) is 11.8 Å². The molecule has 0 spiro atoms. The molecule has 2 N–H and O–H groups in total. The topological polar surface area (TPSA) is 58.2 Å². The first kappa shape index (κ1) is 17.2. The van der Waals surface area contributed by atoms with Gasteiger partial charge in [0.15, 0.2) is 0 Å². The van der Waals surface area contributed by atoms with Crippen molar-refractivity contribution in [2.24, 2.45) is 11.8 Å². The standard InChI is InChI=1S/C21H24N2O2/c1-13-7-9-16(10-8-13)12-22-20(24)17-11-18(17)21(25)23-19-6-4-5-14(2)15(19)3/h4-10,17-18H,11-12H2,1-3H3,(H,22,24)(H,23,25). The van der Waals surface area contributed by atoms with Crippen LogP contribution < -0.4 is 10.6 Å². The number of hydrogen-bond acceptors (Lipinski definition) is 2. The summed E-state index contributed by atoms with van der Waals surface area (Å²) >= 11 is 0. The van der Waals surface area contributed by atoms with E-state index < -0.39 is 0 Å². The maximum atomic E-state index is 12.4. The van der Waals surface area contributed by atoms with Gasteiger partial charge in [-0.25, -0.2) is 0 Å². The SMILES string of the molecule is Cc1ccc(CNC(=O)C2CC2C(=O)Nc2cccc(C)c2C)cc1. The number of anilines is 1. The predicted molar refractivity (Wildman–Crippen MR) is 99.2 cm³/mol. The Labute approximate surface area is 148 Å². The molecule has 25 heavy (non-hydrogen) atoms. The van der Waals surface area contributed by atoms with Crippen LogP contribution in [-0.4, -0.2) is 11.8 Å². The lowest BCUT2D eigenvalue weighted by atomic mass is 10.1. The van der Waals surface area contributed by atoms with Crippen LogP contribution in [0.25, 0.3) is 0 Å². The maximum absolute atomic E-state index is 12.4. The van der Waals surface area contributed by atoms with Gasteiger partial charge < -0.3 is 10.6 Å². The fourth-order valence-corrected chi connectivity index (χ4v) is 2.91. The number of hydrogen-bond donors (Lipinski definition) is 2. The molecular weight excluding hydrogens is 312 g/mol. The molecule has 2 unspecified atom stereocenters. The summed E-state index contributed by atoms with van der Waals surface area (Å²) in [4.78, 5) is 24.6. The van der Waals surface area contributed by atoms with Crippen molar-refractivity contribution < 1.29 is 9.59 Å². The number of carbonyl (C=O) groups excluding carboxylic acids is 2. The van der Waals surface area contributed by atoms with Crippen molar-refractivity contribution in [2.45, 2.75) is 33.7 Å². The lowest BCUT2D eigenvalue weighted by Gasteiger charge is -2.10. The molecule has 2 aromatic rings. The summed E-state index contributed by atoms with van der Waals surface area (Å²) in [5.74, 6) is -0.542. The van der Waals surface area contributed by atoms with E-state index in [1.54, 1.807) is 0 Å². The van der Waals surface area contributed by atoms with Crippen LogP contribution >= 0.6 is 0 Å². The normalized spacial score (nSPS) is 18.5. The van der Waals surface area contributed by atoms with Gasteiger partial charge in [-0.15, -0.1) is 0 Å². The number of nitrogens with one attached hydrogen (secondary N) is 2. The number of benzene rings is 2. The second kappa shape index (κ2) is 7.09. The summed E-state index contributed by atoms with van der Waals surface area (Å²) in [7, 11) is 0. The van der Waals surface area contributed by atoms with Gasteiger partial charge in [-0.05, 0) is 49.9 Å². The Kier molecular flexibility index (Phi) is 4.88. The van der Waals surface area contributed by atoms with E-state index in [4.69, 9.17) is 0 Å². The van der Waals surface area contributed by atoms with Crippen molar-refractivity contribution >= 4 is 17.5 Å². The Hall–Kier alpha value is -2.62. The molecule has 1 aliphatic carbocycles. The molecule has 0 saturated heterocycles. The van der Waals surface area contributed by atoms with Crippen LogP contribution in [0.1, 0.15) is 28.7 Å². The number of rotatable bonds is 5. The molecule has 1 saturated carbocycles. The number of carbonyl (C=O) groups is 2. The van der Waals surface area contributed by atoms with Crippen LogP contribution in [0.3, 0.4) is 0 Å². The van der Waals surface area contributed by atoms with Crippen LogP contribution in [0.15, 0.2) is 42.5 Å². The van der Waals surface area contributed by atoms with Crippen molar-refractivity contribution in [3.8, 4) is 0 Å². The zero-order valence-corrected chi connectivity index (χ0v) is 14.9. The highest BCUT2D eigenvalue weighted by atomic mass is 16.2. The Morgan fingerprint density at radius 2 is 1.64 bits per heavy atom. The summed E-state index contributed by atoms with van der Waals surface area (Å²) in [6.45, 7) is 6.54. The Morgan fingerprint density at radius 3 is 2.36 bits per heavy atom. The monoisotopic (exact) mass is 336 g/mol. The van der Waals surface area contributed by atoms with Gasteiger partial charge in [0.2, 0.25) is 11.8 Å². The molecule has 0 aliphatic heterocycles. The van der Waals surface area contributed by atoms with Crippen molar-refractivity contribution in [1.82, 2.24) is 5.32 Å². The molecule has 130 valence electrons. The van der Waals surface area contributed by atoms with Crippen molar-refractivity contribution in [1.29, 1.82) is 0 Å².